The van der Waals surface area contributed by atoms with Crippen molar-refractivity contribution >= 4 is 21.8 Å². The summed E-state index contributed by atoms with van der Waals surface area (Å²) in [6.45, 7) is 0. The average molecular weight is 330 g/mol. The van der Waals surface area contributed by atoms with E-state index in [4.69, 9.17) is 14.7 Å². The standard InChI is InChI=1S/C11H24O7P2/c12-11(18-19(13)14)9-7-5-3-1-2-4-6-8-10-20(15,16)17/h19H,1-10H2,(H,13,14)(H2,15,16,17). The molecule has 0 aliphatic rings. The molecule has 0 bridgehead atoms. The van der Waals surface area contributed by atoms with Crippen molar-refractivity contribution in [2.45, 2.75) is 57.8 Å². The van der Waals surface area contributed by atoms with Crippen molar-refractivity contribution in [3.63, 3.8) is 0 Å². The lowest BCUT2D eigenvalue weighted by atomic mass is 10.1. The highest BCUT2D eigenvalue weighted by atomic mass is 31.2. The van der Waals surface area contributed by atoms with E-state index in [1.165, 1.54) is 0 Å². The maximum atomic E-state index is 10.9. The van der Waals surface area contributed by atoms with Gasteiger partial charge in [0, 0.05) is 12.6 Å². The summed E-state index contributed by atoms with van der Waals surface area (Å²) in [5.74, 6) is -0.631. The SMILES string of the molecule is O=C(CCCCCCCCCCP(=O)(O)O)O[PH](=O)O. The van der Waals surface area contributed by atoms with Crippen LogP contribution in [0.1, 0.15) is 57.8 Å². The zero-order valence-electron chi connectivity index (χ0n) is 11.5. The van der Waals surface area contributed by atoms with E-state index in [9.17, 15) is 13.9 Å². The van der Waals surface area contributed by atoms with E-state index in [2.05, 4.69) is 4.52 Å². The zero-order chi connectivity index (χ0) is 15.4. The van der Waals surface area contributed by atoms with Crippen LogP contribution in [0.15, 0.2) is 0 Å². The fraction of sp³-hybridized carbons (Fsp3) is 0.909. The molecule has 0 aromatic heterocycles. The third kappa shape index (κ3) is 15.9. The van der Waals surface area contributed by atoms with Gasteiger partial charge in [0.1, 0.15) is 0 Å². The Morgan fingerprint density at radius 2 is 1.40 bits per heavy atom. The third-order valence-electron chi connectivity index (χ3n) is 2.78. The summed E-state index contributed by atoms with van der Waals surface area (Å²) in [4.78, 5) is 36.6. The molecular weight excluding hydrogens is 306 g/mol. The molecule has 0 rings (SSSR count). The first-order chi connectivity index (χ1) is 9.31. The van der Waals surface area contributed by atoms with Crippen LogP contribution in [0.25, 0.3) is 0 Å². The van der Waals surface area contributed by atoms with E-state index in [0.29, 0.717) is 12.8 Å². The van der Waals surface area contributed by atoms with Gasteiger partial charge in [-0.15, -0.1) is 0 Å². The van der Waals surface area contributed by atoms with Crippen LogP contribution in [-0.4, -0.2) is 26.8 Å². The van der Waals surface area contributed by atoms with Crippen molar-refractivity contribution in [2.75, 3.05) is 6.16 Å². The van der Waals surface area contributed by atoms with E-state index >= 15 is 0 Å². The van der Waals surface area contributed by atoms with Crippen molar-refractivity contribution in [2.24, 2.45) is 0 Å². The lowest BCUT2D eigenvalue weighted by molar-refractivity contribution is -0.134. The first-order valence-corrected chi connectivity index (χ1v) is 9.85. The molecule has 0 fully saturated rings. The highest BCUT2D eigenvalue weighted by Gasteiger charge is 2.10. The van der Waals surface area contributed by atoms with Crippen LogP contribution in [0.4, 0.5) is 0 Å². The second-order valence-electron chi connectivity index (χ2n) is 4.71. The molecule has 0 aliphatic heterocycles. The van der Waals surface area contributed by atoms with Gasteiger partial charge in [0.25, 0.3) is 0 Å². The van der Waals surface area contributed by atoms with Crippen molar-refractivity contribution in [1.29, 1.82) is 0 Å². The molecule has 0 amide bonds. The molecule has 0 aliphatic carbocycles. The highest BCUT2D eigenvalue weighted by Crippen LogP contribution is 2.35. The fourth-order valence-corrected chi connectivity index (χ4v) is 2.73. The fourth-order valence-electron chi connectivity index (χ4n) is 1.80. The Balaban J connectivity index is 3.23. The summed E-state index contributed by atoms with van der Waals surface area (Å²) in [6, 6.07) is 0. The molecule has 0 saturated carbocycles. The molecule has 20 heavy (non-hydrogen) atoms. The molecule has 120 valence electrons. The smallest absolute Gasteiger partial charge is 0.367 e. The summed E-state index contributed by atoms with van der Waals surface area (Å²) in [5, 5.41) is 0. The van der Waals surface area contributed by atoms with Crippen molar-refractivity contribution in [1.82, 2.24) is 0 Å². The van der Waals surface area contributed by atoms with Gasteiger partial charge in [-0.2, -0.15) is 0 Å². The van der Waals surface area contributed by atoms with Gasteiger partial charge < -0.3 is 19.2 Å². The minimum Gasteiger partial charge on any atom is -0.394 e. The Bertz CT molecular complexity index is 340. The summed E-state index contributed by atoms with van der Waals surface area (Å²) < 4.78 is 25.0. The first kappa shape index (κ1) is 19.8. The zero-order valence-corrected chi connectivity index (χ0v) is 13.4. The van der Waals surface area contributed by atoms with Crippen molar-refractivity contribution in [3.05, 3.63) is 0 Å². The molecule has 0 aromatic rings. The predicted octanol–water partition coefficient (Wildman–Crippen LogP) is 2.60. The Kier molecular flexibility index (Phi) is 11.4. The second-order valence-corrected chi connectivity index (χ2v) is 7.22. The molecule has 1 unspecified atom stereocenters. The van der Waals surface area contributed by atoms with Crippen LogP contribution in [0.5, 0.6) is 0 Å². The molecule has 0 saturated heterocycles. The normalized spacial score (nSPS) is 13.2. The van der Waals surface area contributed by atoms with Gasteiger partial charge in [0.15, 0.2) is 0 Å². The van der Waals surface area contributed by atoms with Gasteiger partial charge in [-0.25, -0.2) is 4.57 Å². The van der Waals surface area contributed by atoms with Gasteiger partial charge in [0.2, 0.25) is 0 Å². The van der Waals surface area contributed by atoms with Gasteiger partial charge in [-0.1, -0.05) is 38.5 Å². The summed E-state index contributed by atoms with van der Waals surface area (Å²) in [6.07, 6.45) is 6.96. The van der Waals surface area contributed by atoms with Crippen LogP contribution in [0.3, 0.4) is 0 Å². The Morgan fingerprint density at radius 1 is 0.950 bits per heavy atom. The number of carbonyl (C=O) groups excluding carboxylic acids is 1. The quantitative estimate of drug-likeness (QED) is 0.371. The molecule has 0 heterocycles. The number of unbranched alkanes of at least 4 members (excludes halogenated alkanes) is 7. The van der Waals surface area contributed by atoms with Crippen LogP contribution in [0.2, 0.25) is 0 Å². The minimum absolute atomic E-state index is 0.0386. The van der Waals surface area contributed by atoms with E-state index in [1.54, 1.807) is 0 Å². The van der Waals surface area contributed by atoms with E-state index in [0.717, 1.165) is 38.5 Å². The van der Waals surface area contributed by atoms with Crippen LogP contribution in [0, 0.1) is 0 Å². The molecular formula is C11H24O7P2. The summed E-state index contributed by atoms with van der Waals surface area (Å²) >= 11 is 0. The lowest BCUT2D eigenvalue weighted by Gasteiger charge is -2.04. The van der Waals surface area contributed by atoms with Crippen molar-refractivity contribution < 1.29 is 33.1 Å². The van der Waals surface area contributed by atoms with Crippen LogP contribution in [-0.2, 0) is 18.4 Å². The largest absolute Gasteiger partial charge is 0.394 e. The van der Waals surface area contributed by atoms with Gasteiger partial charge in [-0.05, 0) is 12.8 Å². The van der Waals surface area contributed by atoms with Gasteiger partial charge >= 0.3 is 21.8 Å². The van der Waals surface area contributed by atoms with Gasteiger partial charge in [-0.3, -0.25) is 9.36 Å². The molecule has 0 aromatic carbocycles. The van der Waals surface area contributed by atoms with E-state index < -0.39 is 21.8 Å². The number of carbonyl (C=O) groups is 1. The number of rotatable bonds is 12. The molecule has 1 atom stereocenters. The Labute approximate surface area is 119 Å². The average Bonchev–Trinajstić information content (AvgIpc) is 2.29. The molecule has 0 radical (unpaired) electrons. The number of hydrogen-bond donors (Lipinski definition) is 3. The Morgan fingerprint density at radius 3 is 1.85 bits per heavy atom. The second kappa shape index (κ2) is 11.5. The minimum atomic E-state index is -3.84. The summed E-state index contributed by atoms with van der Waals surface area (Å²) in [5.41, 5.74) is 0. The first-order valence-electron chi connectivity index (χ1n) is 6.79. The summed E-state index contributed by atoms with van der Waals surface area (Å²) in [7, 11) is -7.00. The van der Waals surface area contributed by atoms with Crippen LogP contribution >= 0.6 is 15.9 Å². The third-order valence-corrected chi connectivity index (χ3v) is 4.08. The number of hydrogen-bond acceptors (Lipinski definition) is 4. The van der Waals surface area contributed by atoms with Crippen LogP contribution < -0.4 is 0 Å². The predicted molar refractivity (Wildman–Crippen MR) is 75.8 cm³/mol. The Hall–Kier alpha value is -0.190. The van der Waals surface area contributed by atoms with Crippen molar-refractivity contribution in [3.8, 4) is 0 Å². The van der Waals surface area contributed by atoms with E-state index in [1.807, 2.05) is 0 Å². The highest BCUT2D eigenvalue weighted by molar-refractivity contribution is 7.51. The molecule has 3 N–H and O–H groups in total. The maximum Gasteiger partial charge on any atom is 0.367 e. The van der Waals surface area contributed by atoms with E-state index in [-0.39, 0.29) is 12.6 Å². The molecule has 9 heteroatoms. The molecule has 7 nitrogen and oxygen atoms in total. The topological polar surface area (TPSA) is 121 Å². The monoisotopic (exact) mass is 330 g/mol. The molecule has 0 spiro atoms. The maximum absolute atomic E-state index is 10.9. The van der Waals surface area contributed by atoms with Gasteiger partial charge in [0.05, 0.1) is 0 Å². The lowest BCUT2D eigenvalue weighted by Crippen LogP contribution is -1.97.